The lowest BCUT2D eigenvalue weighted by molar-refractivity contribution is 0.747. The highest BCUT2D eigenvalue weighted by atomic mass is 32.1. The molecule has 0 aliphatic rings. The van der Waals surface area contributed by atoms with Gasteiger partial charge in [0.05, 0.1) is 15.9 Å². The molecular formula is C23H30N2S. The summed E-state index contributed by atoms with van der Waals surface area (Å²) in [6.07, 6.45) is 2.33. The molecule has 2 aromatic heterocycles. The Hall–Kier alpha value is -1.87. The molecule has 2 heterocycles. The molecule has 0 atom stereocenters. The second kappa shape index (κ2) is 7.79. The fourth-order valence-electron chi connectivity index (χ4n) is 4.03. The van der Waals surface area contributed by atoms with Crippen molar-refractivity contribution in [1.82, 2.24) is 4.98 Å². The van der Waals surface area contributed by atoms with Gasteiger partial charge in [-0.2, -0.15) is 0 Å². The standard InChI is InChI=1S/C23H30N2S/c1-7-9-25(10-8-2)20-13-18(6)24-22-19(14-26-23(20)22)21-16(4)11-15(3)12-17(21)5/h11-14H,7-10H2,1-6H3. The van der Waals surface area contributed by atoms with Crippen LogP contribution in [0.5, 0.6) is 0 Å². The van der Waals surface area contributed by atoms with E-state index in [0.717, 1.165) is 37.1 Å². The number of anilines is 1. The van der Waals surface area contributed by atoms with E-state index in [4.69, 9.17) is 4.98 Å². The van der Waals surface area contributed by atoms with Gasteiger partial charge >= 0.3 is 0 Å². The first-order chi connectivity index (χ1) is 12.5. The van der Waals surface area contributed by atoms with Gasteiger partial charge in [0.2, 0.25) is 0 Å². The van der Waals surface area contributed by atoms with E-state index < -0.39 is 0 Å². The van der Waals surface area contributed by atoms with Gasteiger partial charge < -0.3 is 4.90 Å². The molecular weight excluding hydrogens is 336 g/mol. The van der Waals surface area contributed by atoms with E-state index in [1.54, 1.807) is 0 Å². The van der Waals surface area contributed by atoms with E-state index in [2.05, 4.69) is 70.0 Å². The summed E-state index contributed by atoms with van der Waals surface area (Å²) in [5.41, 5.74) is 10.3. The first kappa shape index (κ1) is 18.9. The van der Waals surface area contributed by atoms with Gasteiger partial charge in [0, 0.05) is 29.7 Å². The predicted octanol–water partition coefficient (Wildman–Crippen LogP) is 6.82. The highest BCUT2D eigenvalue weighted by molar-refractivity contribution is 7.18. The van der Waals surface area contributed by atoms with Gasteiger partial charge in [0.1, 0.15) is 0 Å². The minimum Gasteiger partial charge on any atom is -0.370 e. The number of aryl methyl sites for hydroxylation is 4. The first-order valence-electron chi connectivity index (χ1n) is 9.68. The number of rotatable bonds is 6. The summed E-state index contributed by atoms with van der Waals surface area (Å²) >= 11 is 1.84. The van der Waals surface area contributed by atoms with E-state index in [1.165, 1.54) is 38.2 Å². The summed E-state index contributed by atoms with van der Waals surface area (Å²) in [7, 11) is 0. The molecule has 0 saturated carbocycles. The van der Waals surface area contributed by atoms with Crippen LogP contribution in [-0.4, -0.2) is 18.1 Å². The number of nitrogens with zero attached hydrogens (tertiary/aromatic N) is 2. The van der Waals surface area contributed by atoms with Crippen molar-refractivity contribution < 1.29 is 0 Å². The average Bonchev–Trinajstić information content (AvgIpc) is 2.96. The summed E-state index contributed by atoms with van der Waals surface area (Å²) in [5, 5.41) is 2.31. The molecule has 3 aromatic rings. The SMILES string of the molecule is CCCN(CCC)c1cc(C)nc2c(-c3c(C)cc(C)cc3C)csc12. The van der Waals surface area contributed by atoms with Gasteiger partial charge in [0.15, 0.2) is 0 Å². The zero-order valence-corrected chi connectivity index (χ0v) is 17.8. The van der Waals surface area contributed by atoms with E-state index >= 15 is 0 Å². The van der Waals surface area contributed by atoms with Crippen LogP contribution >= 0.6 is 11.3 Å². The Morgan fingerprint density at radius 2 is 1.54 bits per heavy atom. The monoisotopic (exact) mass is 366 g/mol. The lowest BCUT2D eigenvalue weighted by atomic mass is 9.94. The third-order valence-corrected chi connectivity index (χ3v) is 5.90. The Labute approximate surface area is 161 Å². The molecule has 0 radical (unpaired) electrons. The normalized spacial score (nSPS) is 11.3. The van der Waals surface area contributed by atoms with Crippen molar-refractivity contribution >= 4 is 27.2 Å². The van der Waals surface area contributed by atoms with Crippen molar-refractivity contribution in [1.29, 1.82) is 0 Å². The molecule has 0 amide bonds. The number of hydrogen-bond acceptors (Lipinski definition) is 3. The lowest BCUT2D eigenvalue weighted by Crippen LogP contribution is -2.25. The van der Waals surface area contributed by atoms with E-state index in [0.29, 0.717) is 0 Å². The third-order valence-electron chi connectivity index (χ3n) is 4.91. The minimum absolute atomic E-state index is 1.10. The topological polar surface area (TPSA) is 16.1 Å². The molecule has 0 aliphatic heterocycles. The van der Waals surface area contributed by atoms with Gasteiger partial charge in [-0.05, 0) is 63.3 Å². The Morgan fingerprint density at radius 1 is 0.923 bits per heavy atom. The zero-order valence-electron chi connectivity index (χ0n) is 16.9. The molecule has 0 spiro atoms. The van der Waals surface area contributed by atoms with Crippen LogP contribution < -0.4 is 4.90 Å². The van der Waals surface area contributed by atoms with E-state index in [-0.39, 0.29) is 0 Å². The maximum absolute atomic E-state index is 4.96. The number of fused-ring (bicyclic) bond motifs is 1. The minimum atomic E-state index is 1.10. The van der Waals surface area contributed by atoms with E-state index in [9.17, 15) is 0 Å². The van der Waals surface area contributed by atoms with Gasteiger partial charge in [0.25, 0.3) is 0 Å². The fraction of sp³-hybridized carbons (Fsp3) is 0.435. The maximum atomic E-state index is 4.96. The molecule has 3 rings (SSSR count). The van der Waals surface area contributed by atoms with E-state index in [1.807, 2.05) is 11.3 Å². The molecule has 0 saturated heterocycles. The predicted molar refractivity (Wildman–Crippen MR) is 117 cm³/mol. The lowest BCUT2D eigenvalue weighted by Gasteiger charge is -2.24. The van der Waals surface area contributed by atoms with Crippen molar-refractivity contribution in [2.45, 2.75) is 54.4 Å². The first-order valence-corrected chi connectivity index (χ1v) is 10.6. The Morgan fingerprint density at radius 3 is 2.12 bits per heavy atom. The third kappa shape index (κ3) is 3.50. The highest BCUT2D eigenvalue weighted by Gasteiger charge is 2.18. The summed E-state index contributed by atoms with van der Waals surface area (Å²) < 4.78 is 1.33. The van der Waals surface area contributed by atoms with Crippen LogP contribution in [0.25, 0.3) is 21.3 Å². The van der Waals surface area contributed by atoms with Crippen molar-refractivity contribution in [2.24, 2.45) is 0 Å². The molecule has 138 valence electrons. The van der Waals surface area contributed by atoms with Crippen LogP contribution in [0.1, 0.15) is 49.1 Å². The van der Waals surface area contributed by atoms with Gasteiger partial charge in [-0.25, -0.2) is 0 Å². The molecule has 26 heavy (non-hydrogen) atoms. The van der Waals surface area contributed by atoms with Crippen molar-refractivity contribution in [2.75, 3.05) is 18.0 Å². The Kier molecular flexibility index (Phi) is 5.67. The number of thiophene rings is 1. The summed E-state index contributed by atoms with van der Waals surface area (Å²) in [4.78, 5) is 7.50. The van der Waals surface area contributed by atoms with Crippen molar-refractivity contribution in [3.63, 3.8) is 0 Å². The van der Waals surface area contributed by atoms with Gasteiger partial charge in [-0.1, -0.05) is 31.5 Å². The second-order valence-electron chi connectivity index (χ2n) is 7.37. The number of benzene rings is 1. The maximum Gasteiger partial charge on any atom is 0.0912 e. The fourth-order valence-corrected chi connectivity index (χ4v) is 5.07. The Bertz CT molecular complexity index is 894. The van der Waals surface area contributed by atoms with Crippen LogP contribution in [0.4, 0.5) is 5.69 Å². The highest BCUT2D eigenvalue weighted by Crippen LogP contribution is 2.41. The summed E-state index contributed by atoms with van der Waals surface area (Å²) in [6.45, 7) is 15.4. The molecule has 0 fully saturated rings. The number of aromatic nitrogens is 1. The molecule has 3 heteroatoms. The molecule has 0 unspecified atom stereocenters. The molecule has 0 bridgehead atoms. The molecule has 2 nitrogen and oxygen atoms in total. The zero-order chi connectivity index (χ0) is 18.8. The number of hydrogen-bond donors (Lipinski definition) is 0. The van der Waals surface area contributed by atoms with Crippen molar-refractivity contribution in [3.05, 3.63) is 46.0 Å². The quantitative estimate of drug-likeness (QED) is 0.475. The van der Waals surface area contributed by atoms with Crippen LogP contribution in [0.3, 0.4) is 0 Å². The number of pyridine rings is 1. The van der Waals surface area contributed by atoms with Gasteiger partial charge in [-0.15, -0.1) is 11.3 Å². The molecule has 1 aromatic carbocycles. The van der Waals surface area contributed by atoms with Crippen LogP contribution in [0.15, 0.2) is 23.6 Å². The second-order valence-corrected chi connectivity index (χ2v) is 8.25. The van der Waals surface area contributed by atoms with Crippen LogP contribution in [-0.2, 0) is 0 Å². The Balaban J connectivity index is 2.23. The van der Waals surface area contributed by atoms with Crippen LogP contribution in [0.2, 0.25) is 0 Å². The van der Waals surface area contributed by atoms with Gasteiger partial charge in [-0.3, -0.25) is 4.98 Å². The molecule has 0 aliphatic carbocycles. The van der Waals surface area contributed by atoms with Crippen LogP contribution in [0, 0.1) is 27.7 Å². The summed E-state index contributed by atoms with van der Waals surface area (Å²) in [6, 6.07) is 6.83. The largest absolute Gasteiger partial charge is 0.370 e. The molecule has 0 N–H and O–H groups in total. The smallest absolute Gasteiger partial charge is 0.0912 e. The average molecular weight is 367 g/mol. The summed E-state index contributed by atoms with van der Waals surface area (Å²) in [5.74, 6) is 0. The van der Waals surface area contributed by atoms with Crippen molar-refractivity contribution in [3.8, 4) is 11.1 Å².